The summed E-state index contributed by atoms with van der Waals surface area (Å²) < 4.78 is 0. The zero-order valence-electron chi connectivity index (χ0n) is 8.67. The Morgan fingerprint density at radius 2 is 1.93 bits per heavy atom. The van der Waals surface area contributed by atoms with Crippen molar-refractivity contribution in [2.45, 2.75) is 42.5 Å². The van der Waals surface area contributed by atoms with E-state index < -0.39 is 10.4 Å². The Hall–Kier alpha value is -0.460. The summed E-state index contributed by atoms with van der Waals surface area (Å²) in [5.41, 5.74) is -0.697. The number of hydrogen-bond acceptors (Lipinski definition) is 2. The van der Waals surface area contributed by atoms with Gasteiger partial charge in [-0.3, -0.25) is 4.79 Å². The molecule has 1 fully saturated rings. The van der Waals surface area contributed by atoms with Gasteiger partial charge in [0.15, 0.2) is 4.84 Å². The number of nitrogens with zero attached hydrogens (tertiary/aromatic N) is 2. The molecular formula is C10H14Cl2N2O. The Morgan fingerprint density at radius 1 is 1.40 bits per heavy atom. The van der Waals surface area contributed by atoms with Crippen LogP contribution in [0.4, 0.5) is 0 Å². The SMILES string of the molecule is CN(C(=O)C(Cl)Cl)C1(C#N)CCCCC1. The standard InChI is InChI=1S/C10H14Cl2N2O/c1-14(9(15)8(11)12)10(7-13)5-3-2-4-6-10/h8H,2-6H2,1H3. The lowest BCUT2D eigenvalue weighted by atomic mass is 9.81. The Bertz CT molecular complexity index is 280. The quantitative estimate of drug-likeness (QED) is 0.705. The molecule has 1 rings (SSSR count). The van der Waals surface area contributed by atoms with E-state index in [2.05, 4.69) is 6.07 Å². The minimum absolute atomic E-state index is 0.387. The highest BCUT2D eigenvalue weighted by molar-refractivity contribution is 6.53. The van der Waals surface area contributed by atoms with E-state index in [-0.39, 0.29) is 5.91 Å². The van der Waals surface area contributed by atoms with Crippen molar-refractivity contribution in [1.29, 1.82) is 5.26 Å². The summed E-state index contributed by atoms with van der Waals surface area (Å²) >= 11 is 11.1. The van der Waals surface area contributed by atoms with Crippen molar-refractivity contribution >= 4 is 29.1 Å². The Morgan fingerprint density at radius 3 is 2.33 bits per heavy atom. The van der Waals surface area contributed by atoms with E-state index in [1.165, 1.54) is 4.90 Å². The Kier molecular flexibility index (Phi) is 4.24. The van der Waals surface area contributed by atoms with Crippen molar-refractivity contribution in [3.63, 3.8) is 0 Å². The van der Waals surface area contributed by atoms with Gasteiger partial charge >= 0.3 is 0 Å². The second kappa shape index (κ2) is 5.05. The van der Waals surface area contributed by atoms with Crippen LogP contribution in [0.1, 0.15) is 32.1 Å². The third-order valence-electron chi connectivity index (χ3n) is 3.05. The van der Waals surface area contributed by atoms with E-state index in [0.29, 0.717) is 12.8 Å². The number of amides is 1. The fraction of sp³-hybridized carbons (Fsp3) is 0.800. The lowest BCUT2D eigenvalue weighted by Gasteiger charge is -2.39. The summed E-state index contributed by atoms with van der Waals surface area (Å²) in [5, 5.41) is 9.21. The average Bonchev–Trinajstić information content (AvgIpc) is 2.27. The normalized spacial score (nSPS) is 19.7. The largest absolute Gasteiger partial charge is 0.325 e. The topological polar surface area (TPSA) is 44.1 Å². The molecule has 1 aliphatic carbocycles. The van der Waals surface area contributed by atoms with E-state index >= 15 is 0 Å². The van der Waals surface area contributed by atoms with Crippen LogP contribution in [0.15, 0.2) is 0 Å². The molecule has 15 heavy (non-hydrogen) atoms. The van der Waals surface area contributed by atoms with E-state index in [1.807, 2.05) is 0 Å². The van der Waals surface area contributed by atoms with Gasteiger partial charge in [0, 0.05) is 7.05 Å². The van der Waals surface area contributed by atoms with Crippen LogP contribution in [0.25, 0.3) is 0 Å². The highest BCUT2D eigenvalue weighted by Crippen LogP contribution is 2.33. The highest BCUT2D eigenvalue weighted by atomic mass is 35.5. The van der Waals surface area contributed by atoms with Gasteiger partial charge in [0.1, 0.15) is 5.54 Å². The highest BCUT2D eigenvalue weighted by Gasteiger charge is 2.40. The predicted octanol–water partition coefficient (Wildman–Crippen LogP) is 2.47. The van der Waals surface area contributed by atoms with Gasteiger partial charge in [-0.05, 0) is 12.8 Å². The van der Waals surface area contributed by atoms with Gasteiger partial charge in [-0.25, -0.2) is 0 Å². The summed E-state index contributed by atoms with van der Waals surface area (Å²) in [5.74, 6) is -0.387. The maximum atomic E-state index is 11.6. The molecule has 1 saturated carbocycles. The predicted molar refractivity (Wildman–Crippen MR) is 59.7 cm³/mol. The van der Waals surface area contributed by atoms with Crippen LogP contribution in [0.5, 0.6) is 0 Å². The van der Waals surface area contributed by atoms with Crippen molar-refractivity contribution < 1.29 is 4.79 Å². The van der Waals surface area contributed by atoms with Gasteiger partial charge in [0.05, 0.1) is 6.07 Å². The maximum absolute atomic E-state index is 11.6. The number of carbonyl (C=O) groups is 1. The van der Waals surface area contributed by atoms with Crippen LogP contribution < -0.4 is 0 Å². The molecule has 0 N–H and O–H groups in total. The average molecular weight is 249 g/mol. The monoisotopic (exact) mass is 248 g/mol. The van der Waals surface area contributed by atoms with Crippen LogP contribution in [0, 0.1) is 11.3 Å². The molecule has 0 aromatic carbocycles. The van der Waals surface area contributed by atoms with E-state index in [4.69, 9.17) is 23.2 Å². The summed E-state index contributed by atoms with van der Waals surface area (Å²) in [6.07, 6.45) is 4.50. The fourth-order valence-electron chi connectivity index (χ4n) is 2.02. The molecule has 1 aliphatic rings. The first kappa shape index (κ1) is 12.6. The first-order valence-electron chi connectivity index (χ1n) is 5.00. The molecule has 0 spiro atoms. The molecule has 5 heteroatoms. The fourth-order valence-corrected chi connectivity index (χ4v) is 2.31. The molecule has 0 saturated heterocycles. The van der Waals surface area contributed by atoms with Crippen molar-refractivity contribution in [1.82, 2.24) is 4.90 Å². The van der Waals surface area contributed by atoms with Crippen LogP contribution in [0.3, 0.4) is 0 Å². The molecule has 0 aromatic heterocycles. The van der Waals surface area contributed by atoms with Gasteiger partial charge < -0.3 is 4.90 Å². The summed E-state index contributed by atoms with van der Waals surface area (Å²) in [4.78, 5) is 11.9. The van der Waals surface area contributed by atoms with Gasteiger partial charge in [-0.2, -0.15) is 5.26 Å². The van der Waals surface area contributed by atoms with Crippen LogP contribution in [-0.2, 0) is 4.79 Å². The number of hydrogen-bond donors (Lipinski definition) is 0. The molecule has 0 aliphatic heterocycles. The second-order valence-electron chi connectivity index (χ2n) is 3.90. The molecule has 0 aromatic rings. The number of nitriles is 1. The third kappa shape index (κ3) is 2.56. The number of alkyl halides is 2. The Balaban J connectivity index is 2.82. The zero-order valence-corrected chi connectivity index (χ0v) is 10.2. The molecule has 84 valence electrons. The van der Waals surface area contributed by atoms with Gasteiger partial charge in [0.2, 0.25) is 0 Å². The Labute approximate surface area is 99.9 Å². The van der Waals surface area contributed by atoms with Crippen LogP contribution in [0.2, 0.25) is 0 Å². The van der Waals surface area contributed by atoms with E-state index in [9.17, 15) is 10.1 Å². The molecule has 3 nitrogen and oxygen atoms in total. The summed E-state index contributed by atoms with van der Waals surface area (Å²) in [6, 6.07) is 2.24. The van der Waals surface area contributed by atoms with Crippen molar-refractivity contribution in [3.8, 4) is 6.07 Å². The minimum atomic E-state index is -1.08. The van der Waals surface area contributed by atoms with Gasteiger partial charge in [-0.1, -0.05) is 42.5 Å². The molecule has 0 bridgehead atoms. The van der Waals surface area contributed by atoms with E-state index in [1.54, 1.807) is 7.05 Å². The minimum Gasteiger partial charge on any atom is -0.325 e. The van der Waals surface area contributed by atoms with Crippen LogP contribution >= 0.6 is 23.2 Å². The lowest BCUT2D eigenvalue weighted by Crippen LogP contribution is -2.51. The molecule has 0 heterocycles. The molecule has 0 unspecified atom stereocenters. The van der Waals surface area contributed by atoms with E-state index in [0.717, 1.165) is 19.3 Å². The molecule has 0 radical (unpaired) electrons. The smallest absolute Gasteiger partial charge is 0.256 e. The first-order chi connectivity index (χ1) is 7.03. The summed E-state index contributed by atoms with van der Waals surface area (Å²) in [6.45, 7) is 0. The van der Waals surface area contributed by atoms with Crippen molar-refractivity contribution in [3.05, 3.63) is 0 Å². The molecule has 0 atom stereocenters. The number of carbonyl (C=O) groups excluding carboxylic acids is 1. The lowest BCUT2D eigenvalue weighted by molar-refractivity contribution is -0.132. The molecular weight excluding hydrogens is 235 g/mol. The van der Waals surface area contributed by atoms with Gasteiger partial charge in [-0.15, -0.1) is 0 Å². The number of halogens is 2. The van der Waals surface area contributed by atoms with Crippen LogP contribution in [-0.4, -0.2) is 28.2 Å². The zero-order chi connectivity index (χ0) is 11.5. The van der Waals surface area contributed by atoms with Gasteiger partial charge in [0.25, 0.3) is 5.91 Å². The third-order valence-corrected chi connectivity index (χ3v) is 3.42. The summed E-state index contributed by atoms with van der Waals surface area (Å²) in [7, 11) is 1.61. The van der Waals surface area contributed by atoms with Crippen molar-refractivity contribution in [2.24, 2.45) is 0 Å². The van der Waals surface area contributed by atoms with Crippen molar-refractivity contribution in [2.75, 3.05) is 7.05 Å². The first-order valence-corrected chi connectivity index (χ1v) is 5.88. The second-order valence-corrected chi connectivity index (χ2v) is 5.00. The molecule has 1 amide bonds. The maximum Gasteiger partial charge on any atom is 0.256 e. The number of rotatable bonds is 2.